The fourth-order valence-electron chi connectivity index (χ4n) is 2.06. The van der Waals surface area contributed by atoms with E-state index in [0.29, 0.717) is 28.3 Å². The molecule has 0 atom stereocenters. The van der Waals surface area contributed by atoms with Crippen LogP contribution < -0.4 is 5.32 Å². The summed E-state index contributed by atoms with van der Waals surface area (Å²) in [4.78, 5) is 24.6. The molecule has 1 saturated carbocycles. The number of nitrogens with one attached hydrogen (secondary N) is 1. The van der Waals surface area contributed by atoms with Gasteiger partial charge < -0.3 is 9.84 Å². The molecule has 0 saturated heterocycles. The maximum Gasteiger partial charge on any atom is 0.280 e. The smallest absolute Gasteiger partial charge is 0.280 e. The van der Waals surface area contributed by atoms with Gasteiger partial charge in [-0.15, -0.1) is 11.3 Å². The van der Waals surface area contributed by atoms with Crippen molar-refractivity contribution >= 4 is 17.2 Å². The average Bonchev–Trinajstić information content (AvgIpc) is 3.09. The number of rotatable bonds is 5. The number of hydrogen-bond donors (Lipinski definition) is 1. The van der Waals surface area contributed by atoms with Crippen molar-refractivity contribution < 1.29 is 9.32 Å². The van der Waals surface area contributed by atoms with E-state index in [4.69, 9.17) is 4.52 Å². The van der Waals surface area contributed by atoms with Gasteiger partial charge in [0.15, 0.2) is 5.01 Å². The Morgan fingerprint density at radius 3 is 2.91 bits per heavy atom. The summed E-state index contributed by atoms with van der Waals surface area (Å²) in [5.41, 5.74) is 1.33. The van der Waals surface area contributed by atoms with Gasteiger partial charge in [0.05, 0.1) is 0 Å². The van der Waals surface area contributed by atoms with E-state index in [0.717, 1.165) is 12.1 Å². The van der Waals surface area contributed by atoms with Crippen molar-refractivity contribution in [2.45, 2.75) is 12.8 Å². The molecule has 3 heterocycles. The van der Waals surface area contributed by atoms with Gasteiger partial charge >= 0.3 is 0 Å². The third kappa shape index (κ3) is 3.11. The minimum Gasteiger partial charge on any atom is -0.350 e. The van der Waals surface area contributed by atoms with E-state index in [1.54, 1.807) is 29.9 Å². The molecular formula is C15H13N5O2S. The summed E-state index contributed by atoms with van der Waals surface area (Å²) in [6.07, 6.45) is 5.72. The van der Waals surface area contributed by atoms with E-state index < -0.39 is 0 Å². The summed E-state index contributed by atoms with van der Waals surface area (Å²) >= 11 is 1.27. The summed E-state index contributed by atoms with van der Waals surface area (Å²) in [6, 6.07) is 3.60. The lowest BCUT2D eigenvalue weighted by Gasteiger charge is -1.99. The van der Waals surface area contributed by atoms with Gasteiger partial charge in [-0.25, -0.2) is 4.98 Å². The number of aromatic nitrogens is 4. The molecule has 1 aliphatic carbocycles. The minimum absolute atomic E-state index is 0.151. The monoisotopic (exact) mass is 327 g/mol. The molecule has 8 heteroatoms. The highest BCUT2D eigenvalue weighted by atomic mass is 32.1. The SMILES string of the molecule is O=C(NCC1CC1)c1nc(-c2nc(-c3ccncc3)no2)cs1. The Kier molecular flexibility index (Phi) is 3.58. The number of nitrogens with zero attached hydrogens (tertiary/aromatic N) is 4. The molecule has 0 radical (unpaired) electrons. The van der Waals surface area contributed by atoms with Crippen molar-refractivity contribution in [3.63, 3.8) is 0 Å². The lowest BCUT2D eigenvalue weighted by molar-refractivity contribution is 0.0951. The Labute approximate surface area is 135 Å². The van der Waals surface area contributed by atoms with Crippen LogP contribution in [0.3, 0.4) is 0 Å². The fourth-order valence-corrected chi connectivity index (χ4v) is 2.76. The van der Waals surface area contributed by atoms with Gasteiger partial charge in [0.1, 0.15) is 5.69 Å². The van der Waals surface area contributed by atoms with E-state index in [-0.39, 0.29) is 5.91 Å². The molecule has 1 amide bonds. The summed E-state index contributed by atoms with van der Waals surface area (Å²) < 4.78 is 5.24. The number of carbonyl (C=O) groups excluding carboxylic acids is 1. The van der Waals surface area contributed by atoms with Crippen LogP contribution in [-0.2, 0) is 0 Å². The van der Waals surface area contributed by atoms with Crippen LogP contribution in [0, 0.1) is 5.92 Å². The van der Waals surface area contributed by atoms with E-state index in [9.17, 15) is 4.79 Å². The third-order valence-electron chi connectivity index (χ3n) is 3.53. The van der Waals surface area contributed by atoms with Gasteiger partial charge in [-0.3, -0.25) is 9.78 Å². The number of pyridine rings is 1. The first-order chi connectivity index (χ1) is 11.3. The van der Waals surface area contributed by atoms with Crippen molar-refractivity contribution in [2.24, 2.45) is 5.92 Å². The second-order valence-corrected chi connectivity index (χ2v) is 6.21. The zero-order valence-electron chi connectivity index (χ0n) is 12.1. The van der Waals surface area contributed by atoms with Crippen LogP contribution in [0.25, 0.3) is 23.0 Å². The predicted octanol–water partition coefficient (Wildman–Crippen LogP) is 2.39. The topological polar surface area (TPSA) is 93.8 Å². The van der Waals surface area contributed by atoms with Gasteiger partial charge in [-0.1, -0.05) is 5.16 Å². The molecule has 0 aliphatic heterocycles. The molecule has 0 bridgehead atoms. The van der Waals surface area contributed by atoms with Gasteiger partial charge in [0, 0.05) is 29.9 Å². The standard InChI is InChI=1S/C15H13N5O2S/c21-13(17-7-9-1-2-9)15-18-11(8-23-15)14-19-12(20-22-14)10-3-5-16-6-4-10/h3-6,8-9H,1-2,7H2,(H,17,21). The lowest BCUT2D eigenvalue weighted by atomic mass is 10.2. The second kappa shape index (κ2) is 5.88. The van der Waals surface area contributed by atoms with Crippen molar-refractivity contribution in [1.82, 2.24) is 25.4 Å². The Morgan fingerprint density at radius 2 is 2.13 bits per heavy atom. The second-order valence-electron chi connectivity index (χ2n) is 5.35. The van der Waals surface area contributed by atoms with E-state index in [1.165, 1.54) is 24.2 Å². The molecule has 7 nitrogen and oxygen atoms in total. The Balaban J connectivity index is 1.50. The van der Waals surface area contributed by atoms with E-state index in [2.05, 4.69) is 25.4 Å². The highest BCUT2D eigenvalue weighted by molar-refractivity contribution is 7.12. The minimum atomic E-state index is -0.151. The molecule has 1 N–H and O–H groups in total. The van der Waals surface area contributed by atoms with Crippen molar-refractivity contribution in [3.05, 3.63) is 34.9 Å². The summed E-state index contributed by atoms with van der Waals surface area (Å²) in [5.74, 6) is 1.25. The summed E-state index contributed by atoms with van der Waals surface area (Å²) in [5, 5.41) is 8.98. The molecule has 23 heavy (non-hydrogen) atoms. The van der Waals surface area contributed by atoms with Crippen LogP contribution in [-0.4, -0.2) is 32.6 Å². The van der Waals surface area contributed by atoms with Crippen LogP contribution in [0.4, 0.5) is 0 Å². The Bertz CT molecular complexity index is 825. The molecule has 0 spiro atoms. The molecule has 0 aromatic carbocycles. The van der Waals surface area contributed by atoms with Crippen molar-refractivity contribution in [3.8, 4) is 23.0 Å². The predicted molar refractivity (Wildman–Crippen MR) is 83.7 cm³/mol. The van der Waals surface area contributed by atoms with Crippen LogP contribution >= 0.6 is 11.3 Å². The largest absolute Gasteiger partial charge is 0.350 e. The lowest BCUT2D eigenvalue weighted by Crippen LogP contribution is -2.25. The third-order valence-corrected chi connectivity index (χ3v) is 4.37. The summed E-state index contributed by atoms with van der Waals surface area (Å²) in [6.45, 7) is 0.723. The van der Waals surface area contributed by atoms with Gasteiger partial charge in [-0.05, 0) is 30.9 Å². The first kappa shape index (κ1) is 14.0. The van der Waals surface area contributed by atoms with Crippen molar-refractivity contribution in [2.75, 3.05) is 6.54 Å². The van der Waals surface area contributed by atoms with Gasteiger partial charge in [0.25, 0.3) is 11.8 Å². The number of carbonyl (C=O) groups is 1. The molecule has 1 aliphatic rings. The van der Waals surface area contributed by atoms with Crippen LogP contribution in [0.15, 0.2) is 34.4 Å². The molecular weight excluding hydrogens is 314 g/mol. The van der Waals surface area contributed by atoms with Gasteiger partial charge in [0.2, 0.25) is 5.82 Å². The molecule has 4 rings (SSSR count). The van der Waals surface area contributed by atoms with Crippen LogP contribution in [0.1, 0.15) is 22.6 Å². The van der Waals surface area contributed by atoms with E-state index in [1.807, 2.05) is 0 Å². The molecule has 3 aromatic heterocycles. The highest BCUT2D eigenvalue weighted by Gasteiger charge is 2.23. The molecule has 3 aromatic rings. The summed E-state index contributed by atoms with van der Waals surface area (Å²) in [7, 11) is 0. The molecule has 0 unspecified atom stereocenters. The maximum absolute atomic E-state index is 12.0. The Hall–Kier alpha value is -2.61. The zero-order valence-corrected chi connectivity index (χ0v) is 12.9. The first-order valence-electron chi connectivity index (χ1n) is 7.28. The zero-order chi connectivity index (χ0) is 15.6. The van der Waals surface area contributed by atoms with Crippen LogP contribution in [0.2, 0.25) is 0 Å². The molecule has 1 fully saturated rings. The quantitative estimate of drug-likeness (QED) is 0.773. The fraction of sp³-hybridized carbons (Fsp3) is 0.267. The number of thiazole rings is 1. The average molecular weight is 327 g/mol. The normalized spacial score (nSPS) is 13.9. The van der Waals surface area contributed by atoms with E-state index >= 15 is 0 Å². The first-order valence-corrected chi connectivity index (χ1v) is 8.16. The maximum atomic E-state index is 12.0. The number of amides is 1. The van der Waals surface area contributed by atoms with Gasteiger partial charge in [-0.2, -0.15) is 4.98 Å². The highest BCUT2D eigenvalue weighted by Crippen LogP contribution is 2.28. The van der Waals surface area contributed by atoms with Crippen LogP contribution in [0.5, 0.6) is 0 Å². The van der Waals surface area contributed by atoms with Crippen molar-refractivity contribution in [1.29, 1.82) is 0 Å². The number of hydrogen-bond acceptors (Lipinski definition) is 7. The Morgan fingerprint density at radius 1 is 1.30 bits per heavy atom. The molecule has 116 valence electrons.